The van der Waals surface area contributed by atoms with E-state index in [1.54, 1.807) is 30.3 Å². The molecule has 1 heterocycles. The monoisotopic (exact) mass is 393 g/mol. The Morgan fingerprint density at radius 3 is 2.30 bits per heavy atom. The molecule has 0 unspecified atom stereocenters. The van der Waals surface area contributed by atoms with E-state index in [4.69, 9.17) is 4.74 Å². The summed E-state index contributed by atoms with van der Waals surface area (Å²) in [6, 6.07) is 12.7. The molecule has 0 bridgehead atoms. The summed E-state index contributed by atoms with van der Waals surface area (Å²) < 4.78 is 46.2. The lowest BCUT2D eigenvalue weighted by Gasteiger charge is -2.38. The molecule has 0 atom stereocenters. The Morgan fingerprint density at radius 2 is 1.74 bits per heavy atom. The maximum atomic E-state index is 14.4. The third-order valence-electron chi connectivity index (χ3n) is 5.08. The van der Waals surface area contributed by atoms with Crippen LogP contribution in [0, 0.1) is 5.82 Å². The van der Waals surface area contributed by atoms with Gasteiger partial charge in [0.2, 0.25) is 10.0 Å². The molecule has 144 valence electrons. The standard InChI is InChI=1S/C19H20FNO5S/c1-26-15-8-5-9-16(17(15)20)27(24,25)21-12-10-19(11-13-21,18(22)23)14-6-3-2-4-7-14/h2-9H,10-13H2,1H3,(H,22,23). The summed E-state index contributed by atoms with van der Waals surface area (Å²) in [5.41, 5.74) is -0.512. The van der Waals surface area contributed by atoms with Gasteiger partial charge in [-0.1, -0.05) is 36.4 Å². The Hall–Kier alpha value is -2.45. The van der Waals surface area contributed by atoms with Crippen molar-refractivity contribution in [2.75, 3.05) is 20.2 Å². The second kappa shape index (κ2) is 7.28. The smallest absolute Gasteiger partial charge is 0.314 e. The van der Waals surface area contributed by atoms with Gasteiger partial charge in [-0.2, -0.15) is 4.31 Å². The fourth-order valence-electron chi connectivity index (χ4n) is 3.48. The third-order valence-corrected chi connectivity index (χ3v) is 6.99. The maximum absolute atomic E-state index is 14.4. The Labute approximate surface area is 157 Å². The highest BCUT2D eigenvalue weighted by Crippen LogP contribution is 2.38. The molecule has 2 aromatic carbocycles. The summed E-state index contributed by atoms with van der Waals surface area (Å²) in [6.45, 7) is -0.0274. The summed E-state index contributed by atoms with van der Waals surface area (Å²) in [5, 5.41) is 9.82. The van der Waals surface area contributed by atoms with Crippen LogP contribution in [0.25, 0.3) is 0 Å². The van der Waals surface area contributed by atoms with Crippen molar-refractivity contribution in [2.45, 2.75) is 23.2 Å². The summed E-state index contributed by atoms with van der Waals surface area (Å²) in [5.74, 6) is -2.09. The van der Waals surface area contributed by atoms with E-state index >= 15 is 0 Å². The van der Waals surface area contributed by atoms with Crippen LogP contribution in [-0.4, -0.2) is 44.0 Å². The van der Waals surface area contributed by atoms with Gasteiger partial charge in [-0.15, -0.1) is 0 Å². The number of piperidine rings is 1. The summed E-state index contributed by atoms with van der Waals surface area (Å²) in [4.78, 5) is 11.5. The molecule has 2 aromatic rings. The third kappa shape index (κ3) is 3.30. The largest absolute Gasteiger partial charge is 0.494 e. The van der Waals surface area contributed by atoms with Crippen LogP contribution in [0.1, 0.15) is 18.4 Å². The number of carboxylic acids is 1. The fourth-order valence-corrected chi connectivity index (χ4v) is 5.00. The van der Waals surface area contributed by atoms with Gasteiger partial charge in [-0.05, 0) is 30.5 Å². The lowest BCUT2D eigenvalue weighted by molar-refractivity contribution is -0.145. The van der Waals surface area contributed by atoms with E-state index in [0.29, 0.717) is 5.56 Å². The number of benzene rings is 2. The lowest BCUT2D eigenvalue weighted by atomic mass is 9.73. The van der Waals surface area contributed by atoms with E-state index in [-0.39, 0.29) is 31.7 Å². The van der Waals surface area contributed by atoms with Gasteiger partial charge in [0.25, 0.3) is 0 Å². The first kappa shape index (κ1) is 19.3. The molecule has 6 nitrogen and oxygen atoms in total. The molecule has 1 aliphatic rings. The minimum atomic E-state index is -4.10. The summed E-state index contributed by atoms with van der Waals surface area (Å²) in [6.07, 6.45) is 0.217. The fraction of sp³-hybridized carbons (Fsp3) is 0.316. The summed E-state index contributed by atoms with van der Waals surface area (Å²) in [7, 11) is -2.84. The lowest BCUT2D eigenvalue weighted by Crippen LogP contribution is -2.49. The number of sulfonamides is 1. The van der Waals surface area contributed by atoms with Crippen molar-refractivity contribution in [2.24, 2.45) is 0 Å². The molecular formula is C19H20FNO5S. The number of halogens is 1. The van der Waals surface area contributed by atoms with Crippen LogP contribution in [0.15, 0.2) is 53.4 Å². The van der Waals surface area contributed by atoms with Gasteiger partial charge >= 0.3 is 5.97 Å². The molecule has 1 N–H and O–H groups in total. The van der Waals surface area contributed by atoms with Crippen LogP contribution in [0.2, 0.25) is 0 Å². The van der Waals surface area contributed by atoms with Crippen LogP contribution in [-0.2, 0) is 20.2 Å². The van der Waals surface area contributed by atoms with Gasteiger partial charge in [0, 0.05) is 13.1 Å². The predicted octanol–water partition coefficient (Wildman–Crippen LogP) is 2.64. The van der Waals surface area contributed by atoms with Gasteiger partial charge in [0.1, 0.15) is 4.90 Å². The molecule has 0 saturated carbocycles. The first-order valence-electron chi connectivity index (χ1n) is 8.44. The summed E-state index contributed by atoms with van der Waals surface area (Å²) >= 11 is 0. The number of rotatable bonds is 5. The molecule has 3 rings (SSSR count). The molecule has 0 radical (unpaired) electrons. The molecule has 0 amide bonds. The average molecular weight is 393 g/mol. The van der Waals surface area contributed by atoms with Crippen molar-refractivity contribution in [1.29, 1.82) is 0 Å². The molecule has 1 saturated heterocycles. The number of carboxylic acid groups (broad SMARTS) is 1. The number of aliphatic carboxylic acids is 1. The van der Waals surface area contributed by atoms with Gasteiger partial charge < -0.3 is 9.84 Å². The van der Waals surface area contributed by atoms with Gasteiger partial charge in [0.15, 0.2) is 11.6 Å². The van der Waals surface area contributed by atoms with Gasteiger partial charge in [0.05, 0.1) is 12.5 Å². The molecule has 1 aliphatic heterocycles. The second-order valence-corrected chi connectivity index (χ2v) is 8.34. The molecule has 0 aromatic heterocycles. The quantitative estimate of drug-likeness (QED) is 0.844. The van der Waals surface area contributed by atoms with Crippen LogP contribution in [0.4, 0.5) is 4.39 Å². The van der Waals surface area contributed by atoms with E-state index in [2.05, 4.69) is 0 Å². The number of ether oxygens (including phenoxy) is 1. The Morgan fingerprint density at radius 1 is 1.11 bits per heavy atom. The van der Waals surface area contributed by atoms with Crippen molar-refractivity contribution in [1.82, 2.24) is 4.31 Å². The van der Waals surface area contributed by atoms with Crippen molar-refractivity contribution in [3.05, 3.63) is 59.9 Å². The predicted molar refractivity (Wildman–Crippen MR) is 96.7 cm³/mol. The number of methoxy groups -OCH3 is 1. The number of hydrogen-bond donors (Lipinski definition) is 1. The number of carbonyl (C=O) groups is 1. The SMILES string of the molecule is COc1cccc(S(=O)(=O)N2CCC(C(=O)O)(c3ccccc3)CC2)c1F. The number of hydrogen-bond acceptors (Lipinski definition) is 4. The van der Waals surface area contributed by atoms with Crippen molar-refractivity contribution in [3.8, 4) is 5.75 Å². The van der Waals surface area contributed by atoms with Crippen LogP contribution >= 0.6 is 0 Å². The van der Waals surface area contributed by atoms with Crippen molar-refractivity contribution < 1.29 is 27.4 Å². The Kier molecular flexibility index (Phi) is 5.21. The molecule has 8 heteroatoms. The number of nitrogens with zero attached hydrogens (tertiary/aromatic N) is 1. The van der Waals surface area contributed by atoms with E-state index in [1.165, 1.54) is 25.3 Å². The van der Waals surface area contributed by atoms with E-state index in [0.717, 1.165) is 4.31 Å². The van der Waals surface area contributed by atoms with Crippen LogP contribution < -0.4 is 4.74 Å². The average Bonchev–Trinajstić information content (AvgIpc) is 2.68. The zero-order valence-corrected chi connectivity index (χ0v) is 15.6. The minimum absolute atomic E-state index is 0.0137. The van der Waals surface area contributed by atoms with Crippen molar-refractivity contribution >= 4 is 16.0 Å². The van der Waals surface area contributed by atoms with Crippen molar-refractivity contribution in [3.63, 3.8) is 0 Å². The van der Waals surface area contributed by atoms with E-state index < -0.39 is 32.1 Å². The van der Waals surface area contributed by atoms with Crippen LogP contribution in [0.5, 0.6) is 5.75 Å². The maximum Gasteiger partial charge on any atom is 0.314 e. The van der Waals surface area contributed by atoms with E-state index in [1.807, 2.05) is 0 Å². The highest BCUT2D eigenvalue weighted by atomic mass is 32.2. The molecule has 1 fully saturated rings. The Bertz CT molecular complexity index is 938. The van der Waals surface area contributed by atoms with Crippen LogP contribution in [0.3, 0.4) is 0 Å². The van der Waals surface area contributed by atoms with Gasteiger partial charge in [-0.3, -0.25) is 4.79 Å². The minimum Gasteiger partial charge on any atom is -0.494 e. The highest BCUT2D eigenvalue weighted by molar-refractivity contribution is 7.89. The molecule has 0 spiro atoms. The molecule has 0 aliphatic carbocycles. The first-order chi connectivity index (χ1) is 12.8. The molecular weight excluding hydrogens is 373 g/mol. The zero-order chi connectivity index (χ0) is 19.7. The zero-order valence-electron chi connectivity index (χ0n) is 14.8. The normalized spacial score (nSPS) is 17.4. The van der Waals surface area contributed by atoms with E-state index in [9.17, 15) is 22.7 Å². The second-order valence-electron chi connectivity index (χ2n) is 6.43. The Balaban J connectivity index is 1.89. The molecule has 27 heavy (non-hydrogen) atoms. The van der Waals surface area contributed by atoms with Gasteiger partial charge in [-0.25, -0.2) is 12.8 Å². The highest BCUT2D eigenvalue weighted by Gasteiger charge is 2.45. The first-order valence-corrected chi connectivity index (χ1v) is 9.88. The topological polar surface area (TPSA) is 83.9 Å².